The Balaban J connectivity index is 3.67. The number of esters is 1. The molecule has 4 heteroatoms. The van der Waals surface area contributed by atoms with E-state index in [1.807, 2.05) is 0 Å². The molecular formula is C14H29NO3. The van der Waals surface area contributed by atoms with Gasteiger partial charge in [-0.25, -0.2) is 0 Å². The minimum atomic E-state index is -0.948. The summed E-state index contributed by atoms with van der Waals surface area (Å²) in [5.41, 5.74) is 4.89. The van der Waals surface area contributed by atoms with Crippen LogP contribution in [0.1, 0.15) is 59.3 Å². The molecule has 2 N–H and O–H groups in total. The van der Waals surface area contributed by atoms with Gasteiger partial charge in [0, 0.05) is 6.61 Å². The third kappa shape index (κ3) is 7.67. The smallest absolute Gasteiger partial charge is 0.325 e. The maximum Gasteiger partial charge on any atom is 0.325 e. The Morgan fingerprint density at radius 2 is 2.00 bits per heavy atom. The van der Waals surface area contributed by atoms with Gasteiger partial charge in [-0.3, -0.25) is 4.79 Å². The number of carbonyl (C=O) groups excluding carboxylic acids is 1. The van der Waals surface area contributed by atoms with E-state index in [0.29, 0.717) is 13.0 Å². The summed E-state index contributed by atoms with van der Waals surface area (Å²) < 4.78 is 10.3. The number of hydrogen-bond acceptors (Lipinski definition) is 4. The second-order valence-corrected chi connectivity index (χ2v) is 5.19. The van der Waals surface area contributed by atoms with Crippen molar-refractivity contribution in [2.75, 3.05) is 13.7 Å². The highest BCUT2D eigenvalue weighted by molar-refractivity contribution is 5.79. The molecule has 2 atom stereocenters. The Hall–Kier alpha value is -0.610. The Morgan fingerprint density at radius 3 is 2.56 bits per heavy atom. The number of hydrogen-bond donors (Lipinski definition) is 1. The van der Waals surface area contributed by atoms with Crippen LogP contribution in [0.2, 0.25) is 0 Å². The van der Waals surface area contributed by atoms with Gasteiger partial charge in [-0.1, -0.05) is 32.6 Å². The maximum atomic E-state index is 11.4. The van der Waals surface area contributed by atoms with Crippen molar-refractivity contribution in [3.05, 3.63) is 0 Å². The van der Waals surface area contributed by atoms with E-state index in [9.17, 15) is 4.79 Å². The monoisotopic (exact) mass is 259 g/mol. The van der Waals surface area contributed by atoms with Crippen molar-refractivity contribution in [1.82, 2.24) is 0 Å². The van der Waals surface area contributed by atoms with Gasteiger partial charge in [0.2, 0.25) is 0 Å². The molecule has 18 heavy (non-hydrogen) atoms. The highest BCUT2D eigenvalue weighted by atomic mass is 16.5. The molecule has 0 aromatic rings. The molecule has 0 spiro atoms. The lowest BCUT2D eigenvalue weighted by Crippen LogP contribution is -2.46. The number of nitrogens with two attached hydrogens (primary N) is 1. The first-order valence-corrected chi connectivity index (χ1v) is 6.93. The lowest BCUT2D eigenvalue weighted by atomic mass is 10.0. The summed E-state index contributed by atoms with van der Waals surface area (Å²) in [6.45, 7) is 6.44. The second-order valence-electron chi connectivity index (χ2n) is 5.19. The molecule has 0 aliphatic carbocycles. The Labute approximate surface area is 111 Å². The number of ether oxygens (including phenoxy) is 2. The summed E-state index contributed by atoms with van der Waals surface area (Å²) in [7, 11) is 1.35. The van der Waals surface area contributed by atoms with E-state index in [1.54, 1.807) is 6.92 Å². The molecule has 0 aromatic heterocycles. The molecule has 0 aliphatic rings. The average molecular weight is 259 g/mol. The van der Waals surface area contributed by atoms with Crippen LogP contribution in [-0.4, -0.2) is 31.3 Å². The van der Waals surface area contributed by atoms with Gasteiger partial charge >= 0.3 is 5.97 Å². The van der Waals surface area contributed by atoms with Crippen LogP contribution < -0.4 is 5.73 Å². The van der Waals surface area contributed by atoms with Crippen LogP contribution in [0.25, 0.3) is 0 Å². The lowest BCUT2D eigenvalue weighted by Gasteiger charge is -2.22. The predicted octanol–water partition coefficient (Wildman–Crippen LogP) is 2.64. The van der Waals surface area contributed by atoms with E-state index in [4.69, 9.17) is 10.5 Å². The van der Waals surface area contributed by atoms with Crippen molar-refractivity contribution in [1.29, 1.82) is 0 Å². The van der Waals surface area contributed by atoms with Crippen LogP contribution in [0.5, 0.6) is 0 Å². The van der Waals surface area contributed by atoms with Gasteiger partial charge < -0.3 is 15.2 Å². The topological polar surface area (TPSA) is 61.5 Å². The predicted molar refractivity (Wildman–Crippen MR) is 73.4 cm³/mol. The van der Waals surface area contributed by atoms with E-state index in [2.05, 4.69) is 18.6 Å². The molecule has 4 nitrogen and oxygen atoms in total. The van der Waals surface area contributed by atoms with Gasteiger partial charge in [-0.2, -0.15) is 0 Å². The summed E-state index contributed by atoms with van der Waals surface area (Å²) >= 11 is 0. The minimum Gasteiger partial charge on any atom is -0.468 e. The van der Waals surface area contributed by atoms with Crippen LogP contribution in [0.4, 0.5) is 0 Å². The van der Waals surface area contributed by atoms with E-state index in [0.717, 1.165) is 6.42 Å². The van der Waals surface area contributed by atoms with Crippen LogP contribution in [0.15, 0.2) is 0 Å². The van der Waals surface area contributed by atoms with Gasteiger partial charge in [-0.15, -0.1) is 0 Å². The summed E-state index contributed by atoms with van der Waals surface area (Å²) in [4.78, 5) is 11.4. The van der Waals surface area contributed by atoms with Gasteiger partial charge in [0.1, 0.15) is 5.54 Å². The number of rotatable bonds is 10. The maximum absolute atomic E-state index is 11.4. The number of carbonyl (C=O) groups is 1. The van der Waals surface area contributed by atoms with E-state index >= 15 is 0 Å². The first-order valence-electron chi connectivity index (χ1n) is 6.93. The molecule has 0 saturated heterocycles. The number of unbranched alkanes of at least 4 members (excludes halogenated alkanes) is 3. The van der Waals surface area contributed by atoms with Crippen LogP contribution in [0.3, 0.4) is 0 Å². The second kappa shape index (κ2) is 9.34. The van der Waals surface area contributed by atoms with Gasteiger partial charge in [0.15, 0.2) is 0 Å². The number of methoxy groups -OCH3 is 1. The highest BCUT2D eigenvalue weighted by Crippen LogP contribution is 2.11. The minimum absolute atomic E-state index is 0.232. The fourth-order valence-electron chi connectivity index (χ4n) is 1.75. The van der Waals surface area contributed by atoms with E-state index in [1.165, 1.54) is 32.8 Å². The first kappa shape index (κ1) is 17.4. The quantitative estimate of drug-likeness (QED) is 0.484. The Bertz CT molecular complexity index is 229. The van der Waals surface area contributed by atoms with Crippen molar-refractivity contribution < 1.29 is 14.3 Å². The van der Waals surface area contributed by atoms with Crippen LogP contribution in [0, 0.1) is 0 Å². The highest BCUT2D eigenvalue weighted by Gasteiger charge is 2.29. The molecule has 0 heterocycles. The van der Waals surface area contributed by atoms with Crippen molar-refractivity contribution in [2.24, 2.45) is 5.73 Å². The molecule has 2 unspecified atom stereocenters. The molecule has 0 amide bonds. The SMILES string of the molecule is CCCCCCC(C)OCCC(C)(N)C(=O)OC. The molecule has 0 rings (SSSR count). The summed E-state index contributed by atoms with van der Waals surface area (Å²) in [5.74, 6) is -0.387. The molecule has 0 aliphatic heterocycles. The fraction of sp³-hybridized carbons (Fsp3) is 0.929. The molecule has 0 fully saturated rings. The first-order chi connectivity index (χ1) is 8.44. The third-order valence-electron chi connectivity index (χ3n) is 3.14. The van der Waals surface area contributed by atoms with Crippen molar-refractivity contribution in [3.63, 3.8) is 0 Å². The molecule has 0 aromatic carbocycles. The molecule has 0 radical (unpaired) electrons. The van der Waals surface area contributed by atoms with Crippen molar-refractivity contribution >= 4 is 5.97 Å². The van der Waals surface area contributed by atoms with Crippen LogP contribution >= 0.6 is 0 Å². The zero-order valence-electron chi connectivity index (χ0n) is 12.3. The Morgan fingerprint density at radius 1 is 1.33 bits per heavy atom. The molecule has 0 bridgehead atoms. The van der Waals surface area contributed by atoms with E-state index < -0.39 is 5.54 Å². The van der Waals surface area contributed by atoms with E-state index in [-0.39, 0.29) is 12.1 Å². The zero-order chi connectivity index (χ0) is 14.0. The summed E-state index contributed by atoms with van der Waals surface area (Å²) in [6.07, 6.45) is 6.79. The zero-order valence-corrected chi connectivity index (χ0v) is 12.3. The lowest BCUT2D eigenvalue weighted by molar-refractivity contribution is -0.147. The van der Waals surface area contributed by atoms with Gasteiger partial charge in [0.25, 0.3) is 0 Å². The third-order valence-corrected chi connectivity index (χ3v) is 3.14. The average Bonchev–Trinajstić information content (AvgIpc) is 2.33. The summed E-state index contributed by atoms with van der Waals surface area (Å²) in [5, 5.41) is 0. The largest absolute Gasteiger partial charge is 0.468 e. The fourth-order valence-corrected chi connectivity index (χ4v) is 1.75. The van der Waals surface area contributed by atoms with Crippen molar-refractivity contribution in [2.45, 2.75) is 70.9 Å². The van der Waals surface area contributed by atoms with Gasteiger partial charge in [0.05, 0.1) is 13.2 Å². The van der Waals surface area contributed by atoms with Crippen molar-refractivity contribution in [3.8, 4) is 0 Å². The molecule has 0 saturated carbocycles. The van der Waals surface area contributed by atoms with Crippen LogP contribution in [-0.2, 0) is 14.3 Å². The standard InChI is InChI=1S/C14H29NO3/c1-5-6-7-8-9-12(2)18-11-10-14(3,15)13(16)17-4/h12H,5-11,15H2,1-4H3. The normalized spacial score (nSPS) is 16.1. The summed E-state index contributed by atoms with van der Waals surface area (Å²) in [6, 6.07) is 0. The Kier molecular flexibility index (Phi) is 9.02. The molecular weight excluding hydrogens is 230 g/mol. The van der Waals surface area contributed by atoms with Gasteiger partial charge in [-0.05, 0) is 26.7 Å². The molecule has 108 valence electrons.